The number of carbonyl (C=O) groups is 1. The van der Waals surface area contributed by atoms with Gasteiger partial charge in [0, 0.05) is 43.4 Å². The van der Waals surface area contributed by atoms with Gasteiger partial charge < -0.3 is 20.5 Å². The van der Waals surface area contributed by atoms with Gasteiger partial charge in [-0.3, -0.25) is 4.79 Å². The van der Waals surface area contributed by atoms with Crippen LogP contribution in [0.2, 0.25) is 0 Å². The monoisotopic (exact) mass is 415 g/mol. The molecule has 0 spiro atoms. The van der Waals surface area contributed by atoms with Crippen LogP contribution in [0.5, 0.6) is 0 Å². The molecule has 3 heterocycles. The molecular weight excluding hydrogens is 390 g/mol. The lowest BCUT2D eigenvalue weighted by Crippen LogP contribution is -2.30. The molecule has 3 aromatic heterocycles. The van der Waals surface area contributed by atoms with Crippen molar-refractivity contribution in [3.63, 3.8) is 0 Å². The molecule has 0 atom stereocenters. The quantitative estimate of drug-likeness (QED) is 0.383. The van der Waals surface area contributed by atoms with Crippen molar-refractivity contribution in [3.05, 3.63) is 72.1 Å². The van der Waals surface area contributed by atoms with Gasteiger partial charge in [0.05, 0.1) is 6.42 Å². The third kappa shape index (κ3) is 5.16. The number of pyridine rings is 1. The second-order valence-corrected chi connectivity index (χ2v) is 7.38. The third-order valence-corrected chi connectivity index (χ3v) is 4.92. The Morgan fingerprint density at radius 3 is 2.61 bits per heavy atom. The molecule has 8 nitrogen and oxygen atoms in total. The Balaban J connectivity index is 1.22. The molecule has 0 aliphatic rings. The molecule has 4 rings (SSSR count). The molecule has 1 amide bonds. The van der Waals surface area contributed by atoms with Gasteiger partial charge >= 0.3 is 0 Å². The highest BCUT2D eigenvalue weighted by molar-refractivity contribution is 5.89. The fourth-order valence-corrected chi connectivity index (χ4v) is 3.42. The molecule has 0 saturated heterocycles. The number of amides is 1. The summed E-state index contributed by atoms with van der Waals surface area (Å²) in [6.07, 6.45) is 4.12. The van der Waals surface area contributed by atoms with Crippen LogP contribution in [0, 0.1) is 6.92 Å². The maximum Gasteiger partial charge on any atom is 0.224 e. The second kappa shape index (κ2) is 9.25. The first-order valence-electron chi connectivity index (χ1n) is 10.2. The smallest absolute Gasteiger partial charge is 0.224 e. The summed E-state index contributed by atoms with van der Waals surface area (Å²) < 4.78 is 2.05. The predicted molar refractivity (Wildman–Crippen MR) is 122 cm³/mol. The number of aromatic nitrogens is 4. The average molecular weight is 416 g/mol. The predicted octanol–water partition coefficient (Wildman–Crippen LogP) is 3.19. The lowest BCUT2D eigenvalue weighted by Gasteiger charge is -2.08. The molecule has 0 aliphatic heterocycles. The van der Waals surface area contributed by atoms with Crippen LogP contribution in [0.15, 0.2) is 60.9 Å². The molecule has 0 unspecified atom stereocenters. The molecule has 0 saturated carbocycles. The number of aryl methyl sites for hydroxylation is 2. The molecule has 0 radical (unpaired) electrons. The fraction of sp³-hybridized carbons (Fsp3) is 0.217. The third-order valence-electron chi connectivity index (χ3n) is 4.92. The van der Waals surface area contributed by atoms with Gasteiger partial charge in [-0.25, -0.2) is 4.98 Å². The average Bonchev–Trinajstić information content (AvgIpc) is 3.08. The molecular formula is C23H25N7O. The summed E-state index contributed by atoms with van der Waals surface area (Å²) >= 11 is 0. The lowest BCUT2D eigenvalue weighted by atomic mass is 10.1. The topological polar surface area (TPSA) is 96.8 Å². The molecule has 31 heavy (non-hydrogen) atoms. The number of hydrogen-bond acceptors (Lipinski definition) is 6. The molecule has 3 N–H and O–H groups in total. The van der Waals surface area contributed by atoms with Gasteiger partial charge in [0.2, 0.25) is 5.91 Å². The van der Waals surface area contributed by atoms with Crippen LogP contribution in [0.1, 0.15) is 11.1 Å². The highest BCUT2D eigenvalue weighted by Gasteiger charge is 2.10. The van der Waals surface area contributed by atoms with E-state index in [0.29, 0.717) is 31.1 Å². The fourth-order valence-electron chi connectivity index (χ4n) is 3.42. The first kappa shape index (κ1) is 20.3. The molecule has 0 fully saturated rings. The van der Waals surface area contributed by atoms with Crippen molar-refractivity contribution in [2.24, 2.45) is 7.05 Å². The molecule has 8 heteroatoms. The minimum atomic E-state index is -0.00515. The maximum absolute atomic E-state index is 12.3. The van der Waals surface area contributed by atoms with Crippen LogP contribution < -0.4 is 16.0 Å². The van der Waals surface area contributed by atoms with Crippen molar-refractivity contribution < 1.29 is 4.79 Å². The Kier molecular flexibility index (Phi) is 6.07. The first-order chi connectivity index (χ1) is 15.1. The number of benzene rings is 1. The number of hydrogen-bond donors (Lipinski definition) is 3. The number of nitrogens with one attached hydrogen (secondary N) is 3. The van der Waals surface area contributed by atoms with Crippen LogP contribution >= 0.6 is 0 Å². The summed E-state index contributed by atoms with van der Waals surface area (Å²) in [6.45, 7) is 3.06. The Bertz CT molecular complexity index is 1180. The molecule has 4 aromatic rings. The standard InChI is InChI=1S/C23H25N7O/c1-16-9-10-24-22(13-16)27-21-8-7-20(28-29-21)25-11-12-26-23(31)14-17-15-30(2)19-6-4-3-5-18(17)19/h3-10,13,15H,11-12,14H2,1-2H3,(H,25,28)(H,26,31)(H,24,27,29). The van der Waals surface area contributed by atoms with Crippen molar-refractivity contribution >= 4 is 34.3 Å². The first-order valence-corrected chi connectivity index (χ1v) is 10.2. The van der Waals surface area contributed by atoms with Gasteiger partial charge in [-0.1, -0.05) is 18.2 Å². The lowest BCUT2D eigenvalue weighted by molar-refractivity contribution is -0.120. The van der Waals surface area contributed by atoms with Crippen molar-refractivity contribution in [1.29, 1.82) is 0 Å². The minimum Gasteiger partial charge on any atom is -0.367 e. The summed E-state index contributed by atoms with van der Waals surface area (Å²) in [5.41, 5.74) is 3.27. The van der Waals surface area contributed by atoms with Crippen LogP contribution in [-0.2, 0) is 18.3 Å². The molecule has 0 bridgehead atoms. The summed E-state index contributed by atoms with van der Waals surface area (Å²) in [6, 6.07) is 15.6. The van der Waals surface area contributed by atoms with Gasteiger partial charge in [-0.15, -0.1) is 10.2 Å². The van der Waals surface area contributed by atoms with E-state index < -0.39 is 0 Å². The number of rotatable bonds is 8. The summed E-state index contributed by atoms with van der Waals surface area (Å²) in [5.74, 6) is 1.98. The number of carbonyl (C=O) groups excluding carboxylic acids is 1. The number of para-hydroxylation sites is 1. The zero-order chi connectivity index (χ0) is 21.6. The van der Waals surface area contributed by atoms with Crippen molar-refractivity contribution in [2.45, 2.75) is 13.3 Å². The highest BCUT2D eigenvalue weighted by Crippen LogP contribution is 2.20. The Hall–Kier alpha value is -3.94. The van der Waals surface area contributed by atoms with Gasteiger partial charge in [0.15, 0.2) is 5.82 Å². The van der Waals surface area contributed by atoms with Crippen molar-refractivity contribution in [2.75, 3.05) is 23.7 Å². The van der Waals surface area contributed by atoms with Gasteiger partial charge in [0.1, 0.15) is 11.6 Å². The molecule has 0 aliphatic carbocycles. The van der Waals surface area contributed by atoms with E-state index in [4.69, 9.17) is 0 Å². The van der Waals surface area contributed by atoms with E-state index in [-0.39, 0.29) is 5.91 Å². The number of fused-ring (bicyclic) bond motifs is 1. The van der Waals surface area contributed by atoms with E-state index in [1.165, 1.54) is 0 Å². The van der Waals surface area contributed by atoms with E-state index in [0.717, 1.165) is 27.8 Å². The SMILES string of the molecule is Cc1ccnc(Nc2ccc(NCCNC(=O)Cc3cn(C)c4ccccc34)nn2)c1. The van der Waals surface area contributed by atoms with Gasteiger partial charge in [-0.05, 0) is 48.4 Å². The van der Waals surface area contributed by atoms with Gasteiger partial charge in [0.25, 0.3) is 0 Å². The number of nitrogens with zero attached hydrogens (tertiary/aromatic N) is 4. The largest absolute Gasteiger partial charge is 0.367 e. The summed E-state index contributed by atoms with van der Waals surface area (Å²) in [5, 5.41) is 18.6. The molecule has 158 valence electrons. The summed E-state index contributed by atoms with van der Waals surface area (Å²) in [7, 11) is 1.99. The zero-order valence-electron chi connectivity index (χ0n) is 17.6. The Morgan fingerprint density at radius 2 is 1.81 bits per heavy atom. The van der Waals surface area contributed by atoms with Crippen LogP contribution in [0.3, 0.4) is 0 Å². The minimum absolute atomic E-state index is 0.00515. The van der Waals surface area contributed by atoms with Gasteiger partial charge in [-0.2, -0.15) is 0 Å². The Morgan fingerprint density at radius 1 is 1.00 bits per heavy atom. The van der Waals surface area contributed by atoms with E-state index in [1.807, 2.05) is 67.2 Å². The van der Waals surface area contributed by atoms with E-state index in [2.05, 4.69) is 37.2 Å². The maximum atomic E-state index is 12.3. The van der Waals surface area contributed by atoms with Crippen molar-refractivity contribution in [3.8, 4) is 0 Å². The highest BCUT2D eigenvalue weighted by atomic mass is 16.1. The number of anilines is 3. The van der Waals surface area contributed by atoms with Crippen LogP contribution in [0.4, 0.5) is 17.5 Å². The van der Waals surface area contributed by atoms with Crippen LogP contribution in [-0.4, -0.2) is 38.7 Å². The van der Waals surface area contributed by atoms with E-state index in [1.54, 1.807) is 6.20 Å². The van der Waals surface area contributed by atoms with E-state index >= 15 is 0 Å². The second-order valence-electron chi connectivity index (χ2n) is 7.38. The van der Waals surface area contributed by atoms with Crippen molar-refractivity contribution in [1.82, 2.24) is 25.1 Å². The summed E-state index contributed by atoms with van der Waals surface area (Å²) in [4.78, 5) is 16.6. The zero-order valence-corrected chi connectivity index (χ0v) is 17.6. The molecule has 1 aromatic carbocycles. The Labute approximate surface area is 180 Å². The normalized spacial score (nSPS) is 10.8. The van der Waals surface area contributed by atoms with E-state index in [9.17, 15) is 4.79 Å². The van der Waals surface area contributed by atoms with Crippen LogP contribution in [0.25, 0.3) is 10.9 Å².